The molecule has 7 rings (SSSR count). The Labute approximate surface area is 252 Å². The number of aryl methyl sites for hydroxylation is 2. The molecule has 214 valence electrons. The van der Waals surface area contributed by atoms with Crippen LogP contribution in [-0.4, -0.2) is 45.0 Å². The number of rotatable bonds is 9. The van der Waals surface area contributed by atoms with E-state index in [1.165, 1.54) is 56.0 Å². The minimum absolute atomic E-state index is 0.124. The maximum absolute atomic E-state index is 6.32. The molecular weight excluding hydrogens is 548 g/mol. The van der Waals surface area contributed by atoms with Crippen molar-refractivity contribution in [2.24, 2.45) is 0 Å². The lowest BCUT2D eigenvalue weighted by atomic mass is 9.61. The molecule has 41 heavy (non-hydrogen) atoms. The molecule has 6 nitrogen and oxygen atoms in total. The summed E-state index contributed by atoms with van der Waals surface area (Å²) in [5, 5.41) is 5.61. The van der Waals surface area contributed by atoms with Gasteiger partial charge in [-0.1, -0.05) is 37.6 Å². The van der Waals surface area contributed by atoms with Crippen LogP contribution in [0.15, 0.2) is 59.6 Å². The third-order valence-electron chi connectivity index (χ3n) is 9.40. The highest BCUT2D eigenvalue weighted by molar-refractivity contribution is 8.00. The molecule has 0 unspecified atom stereocenters. The first-order valence-electron chi connectivity index (χ1n) is 14.8. The highest BCUT2D eigenvalue weighted by atomic mass is 35.5. The van der Waals surface area contributed by atoms with Crippen LogP contribution in [0.1, 0.15) is 63.6 Å². The Hall–Kier alpha value is -2.87. The first-order valence-corrected chi connectivity index (χ1v) is 16.0. The molecule has 0 aliphatic heterocycles. The molecule has 0 radical (unpaired) electrons. The molecule has 3 saturated carbocycles. The van der Waals surface area contributed by atoms with Crippen molar-refractivity contribution < 1.29 is 0 Å². The number of anilines is 2. The smallest absolute Gasteiger partial charge is 0.223 e. The fourth-order valence-electron chi connectivity index (χ4n) is 6.69. The van der Waals surface area contributed by atoms with Crippen LogP contribution in [0.2, 0.25) is 5.02 Å². The van der Waals surface area contributed by atoms with Crippen LogP contribution in [0, 0.1) is 0 Å². The Morgan fingerprint density at radius 1 is 0.927 bits per heavy atom. The van der Waals surface area contributed by atoms with E-state index in [2.05, 4.69) is 61.1 Å². The lowest BCUT2D eigenvalue weighted by molar-refractivity contribution is 0.0152. The maximum Gasteiger partial charge on any atom is 0.223 e. The lowest BCUT2D eigenvalue weighted by Crippen LogP contribution is -2.59. The van der Waals surface area contributed by atoms with E-state index in [0.717, 1.165) is 62.2 Å². The van der Waals surface area contributed by atoms with E-state index < -0.39 is 0 Å². The van der Waals surface area contributed by atoms with E-state index in [1.807, 2.05) is 36.5 Å². The summed E-state index contributed by atoms with van der Waals surface area (Å²) in [5.41, 5.74) is 6.14. The van der Waals surface area contributed by atoms with E-state index in [0.29, 0.717) is 5.54 Å². The first kappa shape index (κ1) is 28.3. The largest absolute Gasteiger partial charge is 0.349 e. The lowest BCUT2D eigenvalue weighted by Gasteiger charge is -2.56. The summed E-state index contributed by atoms with van der Waals surface area (Å²) in [6.45, 7) is 4.35. The number of fused-ring (bicyclic) bond motifs is 4. The van der Waals surface area contributed by atoms with Gasteiger partial charge in [-0.05, 0) is 125 Å². The van der Waals surface area contributed by atoms with Gasteiger partial charge >= 0.3 is 0 Å². The second-order valence-electron chi connectivity index (χ2n) is 11.8. The van der Waals surface area contributed by atoms with Gasteiger partial charge in [0.05, 0.1) is 16.2 Å². The van der Waals surface area contributed by atoms with Gasteiger partial charge in [-0.3, -0.25) is 0 Å². The number of halogens is 1. The van der Waals surface area contributed by atoms with Crippen LogP contribution in [0.5, 0.6) is 0 Å². The van der Waals surface area contributed by atoms with E-state index in [1.54, 1.807) is 0 Å². The summed E-state index contributed by atoms with van der Waals surface area (Å²) in [5.74, 6) is 1.58. The molecule has 8 heteroatoms. The van der Waals surface area contributed by atoms with E-state index in [-0.39, 0.29) is 5.54 Å². The number of benzene rings is 2. The average molecular weight is 587 g/mol. The number of nitrogens with one attached hydrogen (secondary N) is 2. The molecule has 2 aromatic carbocycles. The van der Waals surface area contributed by atoms with Gasteiger partial charge in [0.1, 0.15) is 5.82 Å². The summed E-state index contributed by atoms with van der Waals surface area (Å²) >= 11 is 7.80. The standard InChI is InChI=1S/C33H39ClN6S/c1-5-22-19-23(25-11-12-29(36-27(25)6-2)39-41-28-10-8-7-9-26(28)34)20-24-21-35-31(37-30(22)24)38-32-13-16-33(17-14-32,18-15-32)40(3)4/h7-12,19-21H,5-6,13-18H2,1-4H3,(H,36,39)(H,35,37,38). The monoisotopic (exact) mass is 586 g/mol. The van der Waals surface area contributed by atoms with Crippen LogP contribution in [0.3, 0.4) is 0 Å². The molecule has 2 N–H and O–H groups in total. The van der Waals surface area contributed by atoms with E-state index >= 15 is 0 Å². The van der Waals surface area contributed by atoms with Crippen LogP contribution < -0.4 is 10.0 Å². The molecule has 3 aliphatic carbocycles. The van der Waals surface area contributed by atoms with Crippen LogP contribution in [0.25, 0.3) is 22.0 Å². The molecule has 0 amide bonds. The molecular formula is C33H39ClN6S. The third kappa shape index (κ3) is 5.52. The molecule has 0 spiro atoms. The Kier molecular flexibility index (Phi) is 7.88. The van der Waals surface area contributed by atoms with Crippen molar-refractivity contribution >= 4 is 46.2 Å². The van der Waals surface area contributed by atoms with Gasteiger partial charge in [0.25, 0.3) is 0 Å². The van der Waals surface area contributed by atoms with Crippen molar-refractivity contribution in [1.29, 1.82) is 0 Å². The fraction of sp³-hybridized carbons (Fsp3) is 0.424. The average Bonchev–Trinajstić information content (AvgIpc) is 3.00. The fourth-order valence-corrected chi connectivity index (χ4v) is 7.58. The molecule has 2 bridgehead atoms. The topological polar surface area (TPSA) is 66.0 Å². The van der Waals surface area contributed by atoms with Crippen molar-refractivity contribution in [3.63, 3.8) is 0 Å². The van der Waals surface area contributed by atoms with E-state index in [4.69, 9.17) is 26.6 Å². The molecule has 0 atom stereocenters. The minimum atomic E-state index is 0.124. The van der Waals surface area contributed by atoms with Crippen molar-refractivity contribution in [3.05, 3.63) is 71.0 Å². The second kappa shape index (κ2) is 11.4. The highest BCUT2D eigenvalue weighted by Gasteiger charge is 2.49. The quantitative estimate of drug-likeness (QED) is 0.191. The second-order valence-corrected chi connectivity index (χ2v) is 13.1. The Morgan fingerprint density at radius 2 is 1.68 bits per heavy atom. The molecule has 3 aliphatic rings. The highest BCUT2D eigenvalue weighted by Crippen LogP contribution is 2.50. The van der Waals surface area contributed by atoms with E-state index in [9.17, 15) is 0 Å². The van der Waals surface area contributed by atoms with Gasteiger partial charge in [0, 0.05) is 33.1 Å². The first-order chi connectivity index (χ1) is 19.8. The van der Waals surface area contributed by atoms with Gasteiger partial charge in [-0.15, -0.1) is 0 Å². The SMILES string of the molecule is CCc1nc(NSc2ccccc2Cl)ccc1-c1cc(CC)c2nc(NC34CCC(N(C)C)(CC3)CC4)ncc2c1. The zero-order valence-electron chi connectivity index (χ0n) is 24.4. The summed E-state index contributed by atoms with van der Waals surface area (Å²) < 4.78 is 3.36. The number of hydrogen-bond donors (Lipinski definition) is 2. The number of hydrogen-bond acceptors (Lipinski definition) is 7. The zero-order chi connectivity index (χ0) is 28.6. The van der Waals surface area contributed by atoms with Gasteiger partial charge in [0.2, 0.25) is 5.95 Å². The van der Waals surface area contributed by atoms with Crippen molar-refractivity contribution in [3.8, 4) is 11.1 Å². The number of nitrogens with zero attached hydrogens (tertiary/aromatic N) is 4. The Morgan fingerprint density at radius 3 is 2.37 bits per heavy atom. The predicted octanol–water partition coefficient (Wildman–Crippen LogP) is 8.41. The van der Waals surface area contributed by atoms with Crippen LogP contribution in [0.4, 0.5) is 11.8 Å². The Bertz CT molecular complexity index is 1550. The van der Waals surface area contributed by atoms with Gasteiger partial charge in [-0.2, -0.15) is 0 Å². The minimum Gasteiger partial charge on any atom is -0.349 e. The molecule has 2 aromatic heterocycles. The van der Waals surface area contributed by atoms with Crippen LogP contribution in [-0.2, 0) is 12.8 Å². The van der Waals surface area contributed by atoms with Crippen molar-refractivity contribution in [1.82, 2.24) is 19.9 Å². The Balaban J connectivity index is 1.24. The van der Waals surface area contributed by atoms with Crippen LogP contribution >= 0.6 is 23.5 Å². The summed E-state index contributed by atoms with van der Waals surface area (Å²) in [7, 11) is 4.48. The number of pyridine rings is 1. The normalized spacial score (nSPS) is 21.9. The third-order valence-corrected chi connectivity index (χ3v) is 10.7. The molecule has 3 fully saturated rings. The van der Waals surface area contributed by atoms with Crippen molar-refractivity contribution in [2.45, 2.75) is 81.2 Å². The van der Waals surface area contributed by atoms with Crippen molar-refractivity contribution in [2.75, 3.05) is 24.1 Å². The maximum atomic E-state index is 6.32. The molecule has 4 aromatic rings. The zero-order valence-corrected chi connectivity index (χ0v) is 26.0. The molecule has 2 heterocycles. The van der Waals surface area contributed by atoms with Gasteiger partial charge in [-0.25, -0.2) is 15.0 Å². The predicted molar refractivity (Wildman–Crippen MR) is 173 cm³/mol. The number of aromatic nitrogens is 3. The van der Waals surface area contributed by atoms with Gasteiger partial charge < -0.3 is 14.9 Å². The van der Waals surface area contributed by atoms with Gasteiger partial charge in [0.15, 0.2) is 0 Å². The molecule has 0 saturated heterocycles. The summed E-state index contributed by atoms with van der Waals surface area (Å²) in [6, 6.07) is 16.5. The summed E-state index contributed by atoms with van der Waals surface area (Å²) in [4.78, 5) is 18.3. The summed E-state index contributed by atoms with van der Waals surface area (Å²) in [6.07, 6.45) is 11.0.